The van der Waals surface area contributed by atoms with E-state index < -0.39 is 0 Å². The molecule has 10 heteroatoms. The molecule has 2 atom stereocenters. The van der Waals surface area contributed by atoms with Gasteiger partial charge < -0.3 is 24.6 Å². The van der Waals surface area contributed by atoms with Gasteiger partial charge >= 0.3 is 5.97 Å². The number of rotatable bonds is 14. The first-order valence-corrected chi connectivity index (χ1v) is 18.4. The summed E-state index contributed by atoms with van der Waals surface area (Å²) >= 11 is 3.41. The lowest BCUT2D eigenvalue weighted by atomic mass is 9.82. The van der Waals surface area contributed by atoms with Gasteiger partial charge in [0, 0.05) is 56.2 Å². The first-order chi connectivity index (χ1) is 24.2. The van der Waals surface area contributed by atoms with Crippen molar-refractivity contribution < 1.29 is 28.2 Å². The molecule has 2 heterocycles. The van der Waals surface area contributed by atoms with Crippen LogP contribution in [0, 0.1) is 12.7 Å². The third-order valence-corrected chi connectivity index (χ3v) is 10.6. The highest BCUT2D eigenvalue weighted by molar-refractivity contribution is 9.10. The molecule has 0 aromatic heterocycles. The van der Waals surface area contributed by atoms with Crippen LogP contribution in [0.1, 0.15) is 67.2 Å². The Morgan fingerprint density at radius 2 is 1.78 bits per heavy atom. The van der Waals surface area contributed by atoms with Crippen molar-refractivity contribution in [2.24, 2.45) is 0 Å². The third-order valence-electron chi connectivity index (χ3n) is 9.90. The molecule has 1 aliphatic carbocycles. The summed E-state index contributed by atoms with van der Waals surface area (Å²) in [6, 6.07) is 21.0. The van der Waals surface area contributed by atoms with Crippen LogP contribution < -0.4 is 10.1 Å². The van der Waals surface area contributed by atoms with Crippen molar-refractivity contribution in [2.45, 2.75) is 83.0 Å². The fraction of sp³-hybridized carbons (Fsp3) is 0.425. The molecule has 264 valence electrons. The Labute approximate surface area is 302 Å². The Morgan fingerprint density at radius 1 is 1.00 bits per heavy atom. The Bertz CT molecular complexity index is 1740. The zero-order chi connectivity index (χ0) is 35.2. The quantitative estimate of drug-likeness (QED) is 0.145. The van der Waals surface area contributed by atoms with Crippen LogP contribution >= 0.6 is 15.9 Å². The van der Waals surface area contributed by atoms with Crippen molar-refractivity contribution in [3.05, 3.63) is 105 Å². The van der Waals surface area contributed by atoms with E-state index in [1.54, 1.807) is 6.07 Å². The van der Waals surface area contributed by atoms with Crippen molar-refractivity contribution in [3.8, 4) is 5.75 Å². The van der Waals surface area contributed by atoms with Gasteiger partial charge in [0.15, 0.2) is 0 Å². The molecular weight excluding hydrogens is 701 g/mol. The average Bonchev–Trinajstić information content (AvgIpc) is 3.96. The average molecular weight is 747 g/mol. The number of hydrogen-bond acceptors (Lipinski definition) is 6. The van der Waals surface area contributed by atoms with Gasteiger partial charge in [0.25, 0.3) is 5.91 Å². The van der Waals surface area contributed by atoms with E-state index >= 15 is 0 Å². The molecule has 2 aliphatic heterocycles. The van der Waals surface area contributed by atoms with Crippen LogP contribution in [0.2, 0.25) is 0 Å². The number of fused-ring (bicyclic) bond motifs is 2. The molecule has 0 unspecified atom stereocenters. The van der Waals surface area contributed by atoms with Crippen LogP contribution in [-0.4, -0.2) is 72.5 Å². The Kier molecular flexibility index (Phi) is 11.7. The SMILES string of the molecule is COC(=O)CCCC(=O)N1C[C@H]2CC(c3ccc(CCCOc4cc(F)ccc4Br)cc3)=C(C(=O)N(Cc3ccccc3C)C3CC3)[C@@H](C1)N2. The van der Waals surface area contributed by atoms with Gasteiger partial charge in [-0.15, -0.1) is 0 Å². The molecule has 2 bridgehead atoms. The molecule has 1 saturated carbocycles. The lowest BCUT2D eigenvalue weighted by Crippen LogP contribution is -2.62. The molecular formula is C40H45BrFN3O5. The normalized spacial score (nSPS) is 18.5. The Balaban J connectivity index is 1.22. The monoisotopic (exact) mass is 745 g/mol. The molecule has 1 saturated heterocycles. The number of piperazine rings is 1. The molecule has 2 amide bonds. The van der Waals surface area contributed by atoms with E-state index in [4.69, 9.17) is 9.47 Å². The lowest BCUT2D eigenvalue weighted by Gasteiger charge is -2.45. The zero-order valence-electron chi connectivity index (χ0n) is 28.8. The summed E-state index contributed by atoms with van der Waals surface area (Å²) in [6.45, 7) is 4.04. The number of halogens is 2. The summed E-state index contributed by atoms with van der Waals surface area (Å²) in [6.07, 6.45) is 5.07. The number of carbonyl (C=O) groups is 3. The van der Waals surface area contributed by atoms with Crippen molar-refractivity contribution in [1.29, 1.82) is 0 Å². The standard InChI is InChI=1S/C40H45BrFN3O5/c1-26-7-3-4-9-29(26)23-45(32-17-18-32)40(48)39-33(22-31-24-44(25-35(39)43-31)37(46)10-5-11-38(47)49-2)28-14-12-27(13-15-28)8-6-20-50-36-21-30(42)16-19-34(36)41/h3-4,7,9,12-16,19,21,31-32,35,43H,5-6,8,10-11,17-18,20,22-25H2,1-2H3/t31-,35-/m1/s1. The van der Waals surface area contributed by atoms with E-state index in [1.807, 2.05) is 21.9 Å². The van der Waals surface area contributed by atoms with Crippen LogP contribution in [0.4, 0.5) is 4.39 Å². The van der Waals surface area contributed by atoms with Crippen molar-refractivity contribution in [3.63, 3.8) is 0 Å². The maximum atomic E-state index is 14.8. The number of esters is 1. The minimum Gasteiger partial charge on any atom is -0.492 e. The Hall–Kier alpha value is -4.02. The second kappa shape index (κ2) is 16.3. The van der Waals surface area contributed by atoms with Gasteiger partial charge in [-0.1, -0.05) is 48.5 Å². The van der Waals surface area contributed by atoms with Gasteiger partial charge in [0.1, 0.15) is 11.6 Å². The highest BCUT2D eigenvalue weighted by Gasteiger charge is 2.43. The summed E-state index contributed by atoms with van der Waals surface area (Å²) in [7, 11) is 1.35. The number of benzene rings is 3. The molecule has 0 radical (unpaired) electrons. The van der Waals surface area contributed by atoms with Gasteiger partial charge in [-0.05, 0) is 101 Å². The van der Waals surface area contributed by atoms with E-state index in [9.17, 15) is 18.8 Å². The smallest absolute Gasteiger partial charge is 0.305 e. The zero-order valence-corrected chi connectivity index (χ0v) is 30.3. The molecule has 6 rings (SSSR count). The summed E-state index contributed by atoms with van der Waals surface area (Å²) in [4.78, 5) is 43.6. The second-order valence-corrected chi connectivity index (χ2v) is 14.4. The number of ether oxygens (including phenoxy) is 2. The second-order valence-electron chi connectivity index (χ2n) is 13.6. The number of nitrogens with zero attached hydrogens (tertiary/aromatic N) is 2. The lowest BCUT2D eigenvalue weighted by molar-refractivity contribution is -0.141. The maximum Gasteiger partial charge on any atom is 0.305 e. The van der Waals surface area contributed by atoms with Gasteiger partial charge in [-0.3, -0.25) is 14.4 Å². The topological polar surface area (TPSA) is 88.2 Å². The van der Waals surface area contributed by atoms with Gasteiger partial charge in [-0.25, -0.2) is 4.39 Å². The maximum absolute atomic E-state index is 14.8. The molecule has 8 nitrogen and oxygen atoms in total. The predicted molar refractivity (Wildman–Crippen MR) is 194 cm³/mol. The van der Waals surface area contributed by atoms with Crippen LogP contribution in [0.15, 0.2) is 76.8 Å². The molecule has 0 spiro atoms. The van der Waals surface area contributed by atoms with Gasteiger partial charge in [0.2, 0.25) is 5.91 Å². The number of carbonyl (C=O) groups excluding carboxylic acids is 3. The largest absolute Gasteiger partial charge is 0.492 e. The molecule has 3 aliphatic rings. The Morgan fingerprint density at radius 3 is 2.52 bits per heavy atom. The van der Waals surface area contributed by atoms with Crippen molar-refractivity contribution >= 4 is 39.3 Å². The third kappa shape index (κ3) is 8.82. The highest BCUT2D eigenvalue weighted by Crippen LogP contribution is 2.38. The van der Waals surface area contributed by atoms with Crippen LogP contribution in [0.3, 0.4) is 0 Å². The first kappa shape index (κ1) is 35.8. The van der Waals surface area contributed by atoms with Gasteiger partial charge in [-0.2, -0.15) is 0 Å². The van der Waals surface area contributed by atoms with Gasteiger partial charge in [0.05, 0.1) is 24.2 Å². The number of nitrogens with one attached hydrogen (secondary N) is 1. The van der Waals surface area contributed by atoms with E-state index in [0.29, 0.717) is 44.8 Å². The summed E-state index contributed by atoms with van der Waals surface area (Å²) in [5.74, 6) is -0.131. The van der Waals surface area contributed by atoms with Crippen LogP contribution in [-0.2, 0) is 32.1 Å². The van der Waals surface area contributed by atoms with Crippen molar-refractivity contribution in [1.82, 2.24) is 15.1 Å². The number of hydrogen-bond donors (Lipinski definition) is 1. The molecule has 2 fully saturated rings. The summed E-state index contributed by atoms with van der Waals surface area (Å²) in [5, 5.41) is 3.69. The number of amides is 2. The molecule has 50 heavy (non-hydrogen) atoms. The summed E-state index contributed by atoms with van der Waals surface area (Å²) in [5.41, 5.74) is 6.27. The minimum atomic E-state index is -0.335. The van der Waals surface area contributed by atoms with Crippen LogP contribution in [0.5, 0.6) is 5.75 Å². The van der Waals surface area contributed by atoms with Crippen LogP contribution in [0.25, 0.3) is 5.57 Å². The highest BCUT2D eigenvalue weighted by atomic mass is 79.9. The molecule has 1 N–H and O–H groups in total. The first-order valence-electron chi connectivity index (χ1n) is 17.6. The number of aryl methyl sites for hydroxylation is 2. The van der Waals surface area contributed by atoms with E-state index in [2.05, 4.69) is 64.6 Å². The van der Waals surface area contributed by atoms with Crippen molar-refractivity contribution in [2.75, 3.05) is 26.8 Å². The van der Waals surface area contributed by atoms with E-state index in [0.717, 1.165) is 63.6 Å². The molecule has 3 aromatic carbocycles. The fourth-order valence-electron chi connectivity index (χ4n) is 7.01. The van der Waals surface area contributed by atoms with E-state index in [1.165, 1.54) is 19.2 Å². The minimum absolute atomic E-state index is 0.00213. The molecule has 3 aromatic rings. The summed E-state index contributed by atoms with van der Waals surface area (Å²) < 4.78 is 24.9. The number of methoxy groups -OCH3 is 1. The predicted octanol–water partition coefficient (Wildman–Crippen LogP) is 6.77. The fourth-order valence-corrected chi connectivity index (χ4v) is 7.37. The van der Waals surface area contributed by atoms with E-state index in [-0.39, 0.29) is 54.6 Å².